The van der Waals surface area contributed by atoms with E-state index in [-0.39, 0.29) is 0 Å². The van der Waals surface area contributed by atoms with E-state index in [2.05, 4.69) is 120 Å². The molecular weight excluding hydrogens is 541 g/mol. The lowest BCUT2D eigenvalue weighted by atomic mass is 9.83. The first-order valence-corrected chi connectivity index (χ1v) is 15.2. The fourth-order valence-corrected chi connectivity index (χ4v) is 6.42. The van der Waals surface area contributed by atoms with Crippen LogP contribution in [0.2, 0.25) is 0 Å². The highest BCUT2D eigenvalue weighted by molar-refractivity contribution is 5.80. The summed E-state index contributed by atoms with van der Waals surface area (Å²) >= 11 is 0. The maximum absolute atomic E-state index is 13.5. The average Bonchev–Trinajstić information content (AvgIpc) is 3.30. The van der Waals surface area contributed by atoms with Crippen LogP contribution in [0.15, 0.2) is 73.1 Å². The first kappa shape index (κ1) is 30.6. The van der Waals surface area contributed by atoms with E-state index in [1.165, 1.54) is 39.9 Å². The third-order valence-electron chi connectivity index (χ3n) is 8.49. The molecule has 0 spiro atoms. The van der Waals surface area contributed by atoms with Crippen LogP contribution < -0.4 is 4.57 Å². The maximum Gasteiger partial charge on any atom is 0.416 e. The summed E-state index contributed by atoms with van der Waals surface area (Å²) in [6, 6.07) is 20.9. The Bertz CT molecular complexity index is 1750. The van der Waals surface area contributed by atoms with Crippen molar-refractivity contribution in [3.05, 3.63) is 112 Å². The number of hydrogen-bond donors (Lipinski definition) is 0. The molecule has 0 N–H and O–H groups in total. The Kier molecular flexibility index (Phi) is 8.06. The molecule has 5 aromatic rings. The van der Waals surface area contributed by atoms with Crippen molar-refractivity contribution in [2.75, 3.05) is 0 Å². The zero-order chi connectivity index (χ0) is 31.4. The minimum absolute atomic E-state index is 0.306. The summed E-state index contributed by atoms with van der Waals surface area (Å²) in [6.45, 7) is 19.7. The number of rotatable bonds is 6. The highest BCUT2D eigenvalue weighted by Crippen LogP contribution is 2.40. The predicted molar refractivity (Wildman–Crippen MR) is 171 cm³/mol. The molecule has 0 saturated heterocycles. The molecular formula is C38H42F3N2+. The highest BCUT2D eigenvalue weighted by atomic mass is 19.4. The highest BCUT2D eigenvalue weighted by Gasteiger charge is 2.32. The molecule has 5 heteroatoms. The molecule has 2 nitrogen and oxygen atoms in total. The zero-order valence-electron chi connectivity index (χ0n) is 26.7. The Balaban J connectivity index is 1.90. The van der Waals surface area contributed by atoms with Crippen molar-refractivity contribution in [3.63, 3.8) is 0 Å². The fourth-order valence-electron chi connectivity index (χ4n) is 6.42. The number of aryl methyl sites for hydroxylation is 3. The van der Waals surface area contributed by atoms with Crippen LogP contribution in [0.1, 0.15) is 98.2 Å². The largest absolute Gasteiger partial charge is 0.416 e. The first-order chi connectivity index (χ1) is 20.2. The topological polar surface area (TPSA) is 8.29 Å². The number of halogens is 3. The van der Waals surface area contributed by atoms with Gasteiger partial charge in [-0.15, -0.1) is 0 Å². The third-order valence-corrected chi connectivity index (χ3v) is 8.49. The molecule has 0 amide bonds. The van der Waals surface area contributed by atoms with Crippen LogP contribution in [-0.4, -0.2) is 4.40 Å². The monoisotopic (exact) mass is 583 g/mol. The van der Waals surface area contributed by atoms with Crippen LogP contribution in [0.25, 0.3) is 33.7 Å². The van der Waals surface area contributed by atoms with Crippen LogP contribution >= 0.6 is 0 Å². The van der Waals surface area contributed by atoms with Gasteiger partial charge in [-0.1, -0.05) is 77.4 Å². The maximum atomic E-state index is 13.5. The number of hydrogen-bond acceptors (Lipinski definition) is 0. The molecule has 2 heterocycles. The summed E-state index contributed by atoms with van der Waals surface area (Å²) in [5.74, 6) is 1.02. The minimum atomic E-state index is -4.39. The molecule has 5 rings (SSSR count). The van der Waals surface area contributed by atoms with E-state index in [4.69, 9.17) is 0 Å². The van der Waals surface area contributed by atoms with Gasteiger partial charge in [-0.05, 0) is 103 Å². The second-order valence-corrected chi connectivity index (χ2v) is 12.9. The summed E-state index contributed by atoms with van der Waals surface area (Å²) in [5, 5.41) is 0. The van der Waals surface area contributed by atoms with Gasteiger partial charge < -0.3 is 0 Å². The SMILES string of the molecule is Cc1cc(C)c(-[n+]2cn3c(-c4c(C(C)C)cc(C(C)C)cc4C(C)C)cccc3c2-c2ccc(C(F)(F)F)cc2)c(C)c1. The quantitative estimate of drug-likeness (QED) is 0.176. The standard InChI is InChI=1S/C38H42F3N2/c1-22(2)29-19-31(23(3)4)35(32(20-29)24(5)6)33-11-10-12-34-37(28-13-15-30(16-14-28)38(39,40)41)43(21-42(33)34)36-26(8)17-25(7)18-27(36)9/h10-24H,1-9H3/q+1. The Morgan fingerprint density at radius 2 is 1.26 bits per heavy atom. The van der Waals surface area contributed by atoms with E-state index in [9.17, 15) is 13.2 Å². The Hall–Kier alpha value is -3.86. The summed E-state index contributed by atoms with van der Waals surface area (Å²) < 4.78 is 45.0. The molecule has 0 aliphatic carbocycles. The molecule has 0 atom stereocenters. The van der Waals surface area contributed by atoms with E-state index in [1.54, 1.807) is 12.1 Å². The smallest absolute Gasteiger partial charge is 0.194 e. The molecule has 0 bridgehead atoms. The number of nitrogens with zero attached hydrogens (tertiary/aromatic N) is 2. The van der Waals surface area contributed by atoms with E-state index in [0.717, 1.165) is 39.3 Å². The van der Waals surface area contributed by atoms with Crippen LogP contribution in [0.5, 0.6) is 0 Å². The van der Waals surface area contributed by atoms with Gasteiger partial charge in [0.2, 0.25) is 0 Å². The molecule has 0 aliphatic rings. The second kappa shape index (κ2) is 11.3. The Labute approximate surface area is 253 Å². The molecule has 0 aliphatic heterocycles. The molecule has 2 aromatic heterocycles. The normalized spacial score (nSPS) is 12.3. The van der Waals surface area contributed by atoms with Crippen molar-refractivity contribution >= 4 is 5.52 Å². The van der Waals surface area contributed by atoms with Gasteiger partial charge in [0.1, 0.15) is 11.4 Å². The third kappa shape index (κ3) is 5.62. The molecule has 0 saturated carbocycles. The van der Waals surface area contributed by atoms with Crippen molar-refractivity contribution < 1.29 is 17.7 Å². The lowest BCUT2D eigenvalue weighted by molar-refractivity contribution is -0.583. The van der Waals surface area contributed by atoms with Crippen molar-refractivity contribution in [2.24, 2.45) is 0 Å². The predicted octanol–water partition coefficient (Wildman–Crippen LogP) is 10.9. The summed E-state index contributed by atoms with van der Waals surface area (Å²) in [5.41, 5.74) is 12.6. The first-order valence-electron chi connectivity index (χ1n) is 15.2. The number of aromatic nitrogens is 2. The van der Waals surface area contributed by atoms with Gasteiger partial charge >= 0.3 is 6.18 Å². The summed E-state index contributed by atoms with van der Waals surface area (Å²) in [7, 11) is 0. The van der Waals surface area contributed by atoms with Crippen molar-refractivity contribution in [1.82, 2.24) is 4.40 Å². The lowest BCUT2D eigenvalue weighted by Crippen LogP contribution is -2.33. The minimum Gasteiger partial charge on any atom is -0.194 e. The summed E-state index contributed by atoms with van der Waals surface area (Å²) in [6.07, 6.45) is -2.27. The summed E-state index contributed by atoms with van der Waals surface area (Å²) in [4.78, 5) is 0. The number of imidazole rings is 1. The van der Waals surface area contributed by atoms with E-state index < -0.39 is 11.7 Å². The lowest BCUT2D eigenvalue weighted by Gasteiger charge is -2.22. The van der Waals surface area contributed by atoms with Gasteiger partial charge in [-0.3, -0.25) is 0 Å². The van der Waals surface area contributed by atoms with E-state index in [0.29, 0.717) is 17.8 Å². The van der Waals surface area contributed by atoms with Crippen LogP contribution in [0, 0.1) is 20.8 Å². The second-order valence-electron chi connectivity index (χ2n) is 12.9. The number of alkyl halides is 3. The number of fused-ring (bicyclic) bond motifs is 1. The van der Waals surface area contributed by atoms with Gasteiger partial charge in [0, 0.05) is 11.1 Å². The van der Waals surface area contributed by atoms with Crippen molar-refractivity contribution in [2.45, 2.75) is 86.2 Å². The van der Waals surface area contributed by atoms with Gasteiger partial charge in [-0.25, -0.2) is 0 Å². The molecule has 224 valence electrons. The Morgan fingerprint density at radius 1 is 0.698 bits per heavy atom. The van der Waals surface area contributed by atoms with Gasteiger partial charge in [-0.2, -0.15) is 22.1 Å². The van der Waals surface area contributed by atoms with Crippen molar-refractivity contribution in [3.8, 4) is 28.2 Å². The van der Waals surface area contributed by atoms with E-state index >= 15 is 0 Å². The number of pyridine rings is 1. The average molecular weight is 584 g/mol. The molecule has 0 fully saturated rings. The number of benzene rings is 3. The molecule has 3 aromatic carbocycles. The molecule has 0 unspecified atom stereocenters. The van der Waals surface area contributed by atoms with Gasteiger partial charge in [0.25, 0.3) is 6.33 Å². The molecule has 43 heavy (non-hydrogen) atoms. The fraction of sp³-hybridized carbons (Fsp3) is 0.342. The van der Waals surface area contributed by atoms with E-state index in [1.807, 2.05) is 0 Å². The van der Waals surface area contributed by atoms with Crippen LogP contribution in [-0.2, 0) is 6.18 Å². The Morgan fingerprint density at radius 3 is 1.74 bits per heavy atom. The molecule has 0 radical (unpaired) electrons. The van der Waals surface area contributed by atoms with Crippen LogP contribution in [0.3, 0.4) is 0 Å². The zero-order valence-corrected chi connectivity index (χ0v) is 26.7. The van der Waals surface area contributed by atoms with Crippen LogP contribution in [0.4, 0.5) is 13.2 Å². The van der Waals surface area contributed by atoms with Gasteiger partial charge in [0.05, 0.1) is 5.56 Å². The van der Waals surface area contributed by atoms with Gasteiger partial charge in [0.15, 0.2) is 11.2 Å². The van der Waals surface area contributed by atoms with Crippen molar-refractivity contribution in [1.29, 1.82) is 0 Å².